The van der Waals surface area contributed by atoms with Crippen molar-refractivity contribution in [2.24, 2.45) is 22.6 Å². The van der Waals surface area contributed by atoms with E-state index in [9.17, 15) is 0 Å². The van der Waals surface area contributed by atoms with Crippen LogP contribution < -0.4 is 5.73 Å². The van der Waals surface area contributed by atoms with Crippen molar-refractivity contribution < 1.29 is 0 Å². The highest BCUT2D eigenvalue weighted by Gasteiger charge is 2.32. The van der Waals surface area contributed by atoms with Crippen molar-refractivity contribution in [3.63, 3.8) is 0 Å². The Bertz CT molecular complexity index is 223. The third-order valence-corrected chi connectivity index (χ3v) is 4.04. The Labute approximate surface area is 90.1 Å². The van der Waals surface area contributed by atoms with Gasteiger partial charge in [-0.05, 0) is 18.3 Å². The van der Waals surface area contributed by atoms with Crippen molar-refractivity contribution in [3.8, 4) is 0 Å². The van der Waals surface area contributed by atoms with Gasteiger partial charge in [-0.25, -0.2) is 0 Å². The van der Waals surface area contributed by atoms with Crippen LogP contribution in [0, 0.1) is 11.8 Å². The first-order valence-electron chi connectivity index (χ1n) is 5.40. The molecule has 0 radical (unpaired) electrons. The summed E-state index contributed by atoms with van der Waals surface area (Å²) in [6.45, 7) is 5.37. The van der Waals surface area contributed by atoms with Crippen LogP contribution in [0.4, 0.5) is 0 Å². The Morgan fingerprint density at radius 1 is 1.50 bits per heavy atom. The van der Waals surface area contributed by atoms with Crippen LogP contribution >= 0.6 is 11.8 Å². The molecule has 2 rings (SSSR count). The van der Waals surface area contributed by atoms with E-state index in [1.54, 1.807) is 0 Å². The van der Waals surface area contributed by atoms with Gasteiger partial charge in [0.1, 0.15) is 0 Å². The summed E-state index contributed by atoms with van der Waals surface area (Å²) in [5.41, 5.74) is 5.94. The minimum Gasteiger partial charge on any atom is -0.370 e. The van der Waals surface area contributed by atoms with Gasteiger partial charge in [0, 0.05) is 31.1 Å². The summed E-state index contributed by atoms with van der Waals surface area (Å²) in [6, 6.07) is 0. The summed E-state index contributed by atoms with van der Waals surface area (Å²) >= 11 is 2.00. The maximum atomic E-state index is 5.94. The van der Waals surface area contributed by atoms with E-state index in [2.05, 4.69) is 16.8 Å². The maximum Gasteiger partial charge on any atom is 0.191 e. The lowest BCUT2D eigenvalue weighted by atomic mass is 10.3. The van der Waals surface area contributed by atoms with E-state index in [4.69, 9.17) is 5.73 Å². The van der Waals surface area contributed by atoms with Crippen LogP contribution in [0.25, 0.3) is 0 Å². The molecule has 0 aromatic heterocycles. The molecule has 3 nitrogen and oxygen atoms in total. The summed E-state index contributed by atoms with van der Waals surface area (Å²) in [5, 5.41) is 0. The molecule has 4 heteroatoms. The Kier molecular flexibility index (Phi) is 3.21. The fraction of sp³-hybridized carbons (Fsp3) is 0.900. The van der Waals surface area contributed by atoms with Crippen molar-refractivity contribution in [1.29, 1.82) is 0 Å². The predicted octanol–water partition coefficient (Wildman–Crippen LogP) is 1.01. The summed E-state index contributed by atoms with van der Waals surface area (Å²) in [7, 11) is 0. The number of guanidine groups is 1. The van der Waals surface area contributed by atoms with Crippen molar-refractivity contribution in [2.75, 3.05) is 31.1 Å². The van der Waals surface area contributed by atoms with E-state index in [1.807, 2.05) is 11.8 Å². The van der Waals surface area contributed by atoms with Gasteiger partial charge in [-0.2, -0.15) is 11.8 Å². The molecule has 0 bridgehead atoms. The van der Waals surface area contributed by atoms with Crippen LogP contribution in [0.15, 0.2) is 4.99 Å². The molecule has 2 aliphatic rings. The highest BCUT2D eigenvalue weighted by molar-refractivity contribution is 7.99. The minimum absolute atomic E-state index is 0.768. The molecule has 2 unspecified atom stereocenters. The molecular weight excluding hydrogens is 194 g/mol. The Hall–Kier alpha value is -0.380. The third-order valence-electron chi connectivity index (χ3n) is 3.10. The van der Waals surface area contributed by atoms with E-state index >= 15 is 0 Å². The lowest BCUT2D eigenvalue weighted by molar-refractivity contribution is 0.455. The van der Waals surface area contributed by atoms with Crippen molar-refractivity contribution >= 4 is 17.7 Å². The quantitative estimate of drug-likeness (QED) is 0.550. The van der Waals surface area contributed by atoms with E-state index in [0.717, 1.165) is 37.4 Å². The van der Waals surface area contributed by atoms with Crippen LogP contribution in [0.5, 0.6) is 0 Å². The summed E-state index contributed by atoms with van der Waals surface area (Å²) < 4.78 is 0. The molecule has 0 amide bonds. The first-order valence-corrected chi connectivity index (χ1v) is 6.55. The summed E-state index contributed by atoms with van der Waals surface area (Å²) in [4.78, 5) is 6.68. The number of hydrogen-bond acceptors (Lipinski definition) is 2. The van der Waals surface area contributed by atoms with Gasteiger partial charge in [0.05, 0.1) is 0 Å². The van der Waals surface area contributed by atoms with Crippen molar-refractivity contribution in [3.05, 3.63) is 0 Å². The predicted molar refractivity (Wildman–Crippen MR) is 62.7 cm³/mol. The lowest BCUT2D eigenvalue weighted by Crippen LogP contribution is -2.42. The van der Waals surface area contributed by atoms with E-state index in [0.29, 0.717) is 0 Å². The fourth-order valence-corrected chi connectivity index (χ4v) is 2.66. The molecule has 2 fully saturated rings. The van der Waals surface area contributed by atoms with Crippen molar-refractivity contribution in [2.45, 2.75) is 13.3 Å². The third kappa shape index (κ3) is 2.56. The number of nitrogens with two attached hydrogens (primary N) is 1. The van der Waals surface area contributed by atoms with Gasteiger partial charge in [-0.15, -0.1) is 0 Å². The molecule has 80 valence electrons. The zero-order chi connectivity index (χ0) is 9.97. The minimum atomic E-state index is 0.768. The summed E-state index contributed by atoms with van der Waals surface area (Å²) in [5.74, 6) is 4.84. The van der Waals surface area contributed by atoms with Crippen LogP contribution in [-0.4, -0.2) is 42.0 Å². The SMILES string of the molecule is CC1CC1CN=C(N)N1CCSCC1. The van der Waals surface area contributed by atoms with E-state index in [-0.39, 0.29) is 0 Å². The molecular formula is C10H19N3S. The second-order valence-electron chi connectivity index (χ2n) is 4.27. The monoisotopic (exact) mass is 213 g/mol. The molecule has 1 saturated carbocycles. The Morgan fingerprint density at radius 3 is 2.71 bits per heavy atom. The molecule has 1 aliphatic heterocycles. The van der Waals surface area contributed by atoms with E-state index in [1.165, 1.54) is 17.9 Å². The first kappa shape index (κ1) is 10.1. The number of nitrogens with zero attached hydrogens (tertiary/aromatic N) is 2. The number of hydrogen-bond donors (Lipinski definition) is 1. The molecule has 0 spiro atoms. The second-order valence-corrected chi connectivity index (χ2v) is 5.50. The molecule has 0 aromatic carbocycles. The average Bonchev–Trinajstić information content (AvgIpc) is 2.92. The number of aliphatic imine (C=N–C) groups is 1. The zero-order valence-corrected chi connectivity index (χ0v) is 9.59. The standard InChI is InChI=1S/C10H19N3S/c1-8-6-9(8)7-12-10(11)13-2-4-14-5-3-13/h8-9H,2-7H2,1H3,(H2,11,12). The van der Waals surface area contributed by atoms with Gasteiger partial charge in [0.25, 0.3) is 0 Å². The molecule has 2 N–H and O–H groups in total. The van der Waals surface area contributed by atoms with Gasteiger partial charge in [-0.1, -0.05) is 6.92 Å². The smallest absolute Gasteiger partial charge is 0.191 e. The van der Waals surface area contributed by atoms with Gasteiger partial charge < -0.3 is 10.6 Å². The molecule has 1 heterocycles. The summed E-state index contributed by atoms with van der Waals surface area (Å²) in [6.07, 6.45) is 1.34. The topological polar surface area (TPSA) is 41.6 Å². The van der Waals surface area contributed by atoms with Gasteiger partial charge in [0.15, 0.2) is 5.96 Å². The fourth-order valence-electron chi connectivity index (χ4n) is 1.76. The van der Waals surface area contributed by atoms with E-state index < -0.39 is 0 Å². The molecule has 1 saturated heterocycles. The van der Waals surface area contributed by atoms with Crippen LogP contribution in [0.1, 0.15) is 13.3 Å². The first-order chi connectivity index (χ1) is 6.77. The van der Waals surface area contributed by atoms with Gasteiger partial charge >= 0.3 is 0 Å². The molecule has 2 atom stereocenters. The molecule has 1 aliphatic carbocycles. The van der Waals surface area contributed by atoms with Gasteiger partial charge in [-0.3, -0.25) is 4.99 Å². The normalized spacial score (nSPS) is 33.2. The highest BCUT2D eigenvalue weighted by Crippen LogP contribution is 2.37. The average molecular weight is 213 g/mol. The maximum absolute atomic E-state index is 5.94. The number of rotatable bonds is 2. The zero-order valence-electron chi connectivity index (χ0n) is 8.78. The van der Waals surface area contributed by atoms with Crippen LogP contribution in [0.3, 0.4) is 0 Å². The molecule has 0 aromatic rings. The number of thioether (sulfide) groups is 1. The molecule has 14 heavy (non-hydrogen) atoms. The van der Waals surface area contributed by atoms with Crippen LogP contribution in [-0.2, 0) is 0 Å². The second kappa shape index (κ2) is 4.43. The Morgan fingerprint density at radius 2 is 2.14 bits per heavy atom. The van der Waals surface area contributed by atoms with Gasteiger partial charge in [0.2, 0.25) is 0 Å². The van der Waals surface area contributed by atoms with Crippen molar-refractivity contribution in [1.82, 2.24) is 4.90 Å². The Balaban J connectivity index is 1.77. The van der Waals surface area contributed by atoms with Crippen LogP contribution in [0.2, 0.25) is 0 Å². The lowest BCUT2D eigenvalue weighted by Gasteiger charge is -2.27. The highest BCUT2D eigenvalue weighted by atomic mass is 32.2. The largest absolute Gasteiger partial charge is 0.370 e.